The Kier molecular flexibility index (Phi) is 6.86. The summed E-state index contributed by atoms with van der Waals surface area (Å²) in [6.45, 7) is 3.80. The maximum Gasteiger partial charge on any atom is 0.229 e. The summed E-state index contributed by atoms with van der Waals surface area (Å²) in [5.41, 5.74) is 5.25. The Hall–Kier alpha value is -4.69. The first-order chi connectivity index (χ1) is 20.9. The Labute approximate surface area is 250 Å². The van der Waals surface area contributed by atoms with Crippen molar-refractivity contribution < 1.29 is 9.90 Å². The lowest BCUT2D eigenvalue weighted by Crippen LogP contribution is -2.46. The number of aliphatic hydroxyl groups is 1. The van der Waals surface area contributed by atoms with Gasteiger partial charge in [0.2, 0.25) is 11.9 Å². The van der Waals surface area contributed by atoms with Crippen LogP contribution >= 0.6 is 0 Å². The van der Waals surface area contributed by atoms with E-state index in [0.717, 1.165) is 65.8 Å². The average Bonchev–Trinajstić information content (AvgIpc) is 3.47. The van der Waals surface area contributed by atoms with E-state index in [1.165, 1.54) is 0 Å². The van der Waals surface area contributed by atoms with Crippen molar-refractivity contribution in [2.45, 2.75) is 63.3 Å². The SMILES string of the molecule is C#CCn1nnc2ccc(Nc3ncc(N4CCC[C@H](C(=O)NC5(C)CC5)C4)c(N[C@H]4c5ccccc5C[C@H]4O)n3)cc21. The standard InChI is InChI=1S/C32H35N9O2/c1-3-14-41-25-17-22(10-11-24(25)38-39-41)34-31-33-18-26(40-15-6-8-21(19-40)30(43)37-32(2)12-13-32)29(36-31)35-28-23-9-5-4-7-20(23)16-27(28)42/h1,4-5,7,9-11,17-18,21,27-28,42H,6,8,12-16,19H2,2H3,(H,37,43)(H2,33,34,35,36)/t21-,27+,28-/m0/s1. The molecule has 3 aliphatic rings. The molecule has 11 heteroatoms. The molecule has 4 aromatic rings. The molecular weight excluding hydrogens is 542 g/mol. The van der Waals surface area contributed by atoms with Gasteiger partial charge in [-0.25, -0.2) is 9.67 Å². The highest BCUT2D eigenvalue weighted by Gasteiger charge is 2.41. The molecule has 2 fully saturated rings. The zero-order valence-electron chi connectivity index (χ0n) is 24.1. The van der Waals surface area contributed by atoms with Gasteiger partial charge in [-0.1, -0.05) is 35.4 Å². The van der Waals surface area contributed by atoms with E-state index in [2.05, 4.69) is 55.1 Å². The normalized spacial score (nSPS) is 22.1. The van der Waals surface area contributed by atoms with Crippen LogP contribution < -0.4 is 20.9 Å². The molecule has 2 aromatic carbocycles. The van der Waals surface area contributed by atoms with Crippen molar-refractivity contribution in [2.75, 3.05) is 28.6 Å². The molecule has 1 saturated heterocycles. The van der Waals surface area contributed by atoms with Gasteiger partial charge in [0.15, 0.2) is 5.82 Å². The van der Waals surface area contributed by atoms with Gasteiger partial charge in [0, 0.05) is 30.7 Å². The number of hydrogen-bond acceptors (Lipinski definition) is 9. The molecule has 0 radical (unpaired) electrons. The van der Waals surface area contributed by atoms with Crippen molar-refractivity contribution in [1.82, 2.24) is 30.3 Å². The van der Waals surface area contributed by atoms with Gasteiger partial charge < -0.3 is 26.0 Å². The lowest BCUT2D eigenvalue weighted by molar-refractivity contribution is -0.126. The number of aromatic nitrogens is 5. The number of terminal acetylenes is 1. The third kappa shape index (κ3) is 5.46. The summed E-state index contributed by atoms with van der Waals surface area (Å²) in [4.78, 5) is 24.9. The number of anilines is 4. The fourth-order valence-electron chi connectivity index (χ4n) is 6.17. The zero-order valence-corrected chi connectivity index (χ0v) is 24.1. The van der Waals surface area contributed by atoms with Gasteiger partial charge in [-0.3, -0.25) is 4.79 Å². The highest BCUT2D eigenvalue weighted by Crippen LogP contribution is 2.38. The van der Waals surface area contributed by atoms with Crippen molar-refractivity contribution >= 4 is 40.1 Å². The molecular formula is C32H35N9O2. The van der Waals surface area contributed by atoms with Crippen LogP contribution in [0.5, 0.6) is 0 Å². The van der Waals surface area contributed by atoms with Gasteiger partial charge in [0.1, 0.15) is 12.1 Å². The molecule has 7 rings (SSSR count). The number of aliphatic hydroxyl groups excluding tert-OH is 1. The summed E-state index contributed by atoms with van der Waals surface area (Å²) >= 11 is 0. The van der Waals surface area contributed by atoms with Crippen molar-refractivity contribution in [3.05, 3.63) is 59.8 Å². The third-order valence-electron chi connectivity index (χ3n) is 8.83. The van der Waals surface area contributed by atoms with Gasteiger partial charge in [-0.2, -0.15) is 4.98 Å². The molecule has 2 aliphatic carbocycles. The average molecular weight is 578 g/mol. The van der Waals surface area contributed by atoms with E-state index in [-0.39, 0.29) is 23.4 Å². The Morgan fingerprint density at radius 2 is 2.09 bits per heavy atom. The second-order valence-corrected chi connectivity index (χ2v) is 12.1. The van der Waals surface area contributed by atoms with Gasteiger partial charge >= 0.3 is 0 Å². The topological polar surface area (TPSA) is 133 Å². The molecule has 1 amide bonds. The summed E-state index contributed by atoms with van der Waals surface area (Å²) in [6.07, 6.45) is 11.1. The number of piperidine rings is 1. The summed E-state index contributed by atoms with van der Waals surface area (Å²) in [7, 11) is 0. The first kappa shape index (κ1) is 27.2. The van der Waals surface area contributed by atoms with Crippen LogP contribution in [-0.2, 0) is 17.8 Å². The Morgan fingerprint density at radius 1 is 1.23 bits per heavy atom. The van der Waals surface area contributed by atoms with Crippen LogP contribution in [-0.4, -0.2) is 60.7 Å². The lowest BCUT2D eigenvalue weighted by Gasteiger charge is -2.35. The van der Waals surface area contributed by atoms with E-state index < -0.39 is 6.10 Å². The van der Waals surface area contributed by atoms with Crippen molar-refractivity contribution in [3.63, 3.8) is 0 Å². The highest BCUT2D eigenvalue weighted by molar-refractivity contribution is 5.82. The van der Waals surface area contributed by atoms with Crippen molar-refractivity contribution in [2.24, 2.45) is 5.92 Å². The third-order valence-corrected chi connectivity index (χ3v) is 8.83. The van der Waals surface area contributed by atoms with Crippen LogP contribution in [0.4, 0.5) is 23.1 Å². The highest BCUT2D eigenvalue weighted by atomic mass is 16.3. The van der Waals surface area contributed by atoms with Gasteiger partial charge in [-0.15, -0.1) is 11.5 Å². The first-order valence-electron chi connectivity index (χ1n) is 14.9. The number of amides is 1. The molecule has 1 aliphatic heterocycles. The summed E-state index contributed by atoms with van der Waals surface area (Å²) in [5, 5.41) is 29.5. The predicted octanol–water partition coefficient (Wildman–Crippen LogP) is 3.55. The van der Waals surface area contributed by atoms with Gasteiger partial charge in [0.25, 0.3) is 0 Å². The number of fused-ring (bicyclic) bond motifs is 2. The smallest absolute Gasteiger partial charge is 0.229 e. The van der Waals surface area contributed by atoms with Crippen LogP contribution in [0.15, 0.2) is 48.7 Å². The Balaban J connectivity index is 1.19. The number of carbonyl (C=O) groups is 1. The Morgan fingerprint density at radius 3 is 2.93 bits per heavy atom. The van der Waals surface area contributed by atoms with E-state index in [4.69, 9.17) is 11.4 Å². The molecule has 1 saturated carbocycles. The molecule has 0 bridgehead atoms. The maximum atomic E-state index is 13.1. The van der Waals surface area contributed by atoms with Gasteiger partial charge in [0.05, 0.1) is 35.5 Å². The number of benzene rings is 2. The monoisotopic (exact) mass is 577 g/mol. The number of hydrogen-bond donors (Lipinski definition) is 4. The lowest BCUT2D eigenvalue weighted by atomic mass is 9.96. The minimum absolute atomic E-state index is 0.0495. The van der Waals surface area contributed by atoms with Crippen molar-refractivity contribution in [3.8, 4) is 12.3 Å². The van der Waals surface area contributed by atoms with E-state index in [1.807, 2.05) is 36.4 Å². The second kappa shape index (κ2) is 10.9. The molecule has 43 heavy (non-hydrogen) atoms. The summed E-state index contributed by atoms with van der Waals surface area (Å²) in [5.74, 6) is 3.62. The number of nitrogens with one attached hydrogen (secondary N) is 3. The van der Waals surface area contributed by atoms with Gasteiger partial charge in [-0.05, 0) is 61.9 Å². The largest absolute Gasteiger partial charge is 0.390 e. The fourth-order valence-corrected chi connectivity index (χ4v) is 6.17. The molecule has 3 atom stereocenters. The maximum absolute atomic E-state index is 13.1. The quantitative estimate of drug-likeness (QED) is 0.232. The molecule has 220 valence electrons. The summed E-state index contributed by atoms with van der Waals surface area (Å²) in [6, 6.07) is 13.5. The van der Waals surface area contributed by atoms with E-state index in [9.17, 15) is 9.90 Å². The molecule has 0 spiro atoms. The fraction of sp³-hybridized carbons (Fsp3) is 0.406. The minimum Gasteiger partial charge on any atom is -0.390 e. The molecule has 3 heterocycles. The minimum atomic E-state index is -0.595. The van der Waals surface area contributed by atoms with E-state index in [1.54, 1.807) is 10.9 Å². The number of rotatable bonds is 8. The molecule has 4 N–H and O–H groups in total. The van der Waals surface area contributed by atoms with Crippen molar-refractivity contribution in [1.29, 1.82) is 0 Å². The molecule has 2 aromatic heterocycles. The van der Waals surface area contributed by atoms with E-state index >= 15 is 0 Å². The van der Waals surface area contributed by atoms with Crippen LogP contribution in [0.1, 0.15) is 49.8 Å². The van der Waals surface area contributed by atoms with Crippen LogP contribution in [0, 0.1) is 18.3 Å². The van der Waals surface area contributed by atoms with Crippen LogP contribution in [0.3, 0.4) is 0 Å². The first-order valence-corrected chi connectivity index (χ1v) is 14.9. The summed E-state index contributed by atoms with van der Waals surface area (Å²) < 4.78 is 1.67. The molecule has 11 nitrogen and oxygen atoms in total. The second-order valence-electron chi connectivity index (χ2n) is 12.1. The van der Waals surface area contributed by atoms with E-state index in [0.29, 0.717) is 31.3 Å². The molecule has 0 unspecified atom stereocenters. The predicted molar refractivity (Wildman–Crippen MR) is 165 cm³/mol. The number of nitrogens with zero attached hydrogens (tertiary/aromatic N) is 6. The van der Waals surface area contributed by atoms with Crippen LogP contribution in [0.2, 0.25) is 0 Å². The zero-order chi connectivity index (χ0) is 29.6. The Bertz CT molecular complexity index is 1720. The number of carbonyl (C=O) groups excluding carboxylic acids is 1. The van der Waals surface area contributed by atoms with Crippen LogP contribution in [0.25, 0.3) is 11.0 Å².